The van der Waals surface area contributed by atoms with E-state index < -0.39 is 29.7 Å². The highest BCUT2D eigenvalue weighted by molar-refractivity contribution is 5.94. The van der Waals surface area contributed by atoms with Crippen molar-refractivity contribution >= 4 is 11.9 Å². The third-order valence-corrected chi connectivity index (χ3v) is 4.05. The Labute approximate surface area is 164 Å². The van der Waals surface area contributed by atoms with E-state index in [1.807, 2.05) is 0 Å². The second-order valence-corrected chi connectivity index (χ2v) is 6.10. The van der Waals surface area contributed by atoms with Gasteiger partial charge in [-0.1, -0.05) is 42.5 Å². The summed E-state index contributed by atoms with van der Waals surface area (Å²) in [5, 5.41) is 2.54. The predicted octanol–water partition coefficient (Wildman–Crippen LogP) is 4.51. The molecule has 0 aliphatic heterocycles. The van der Waals surface area contributed by atoms with Crippen molar-refractivity contribution < 1.29 is 31.9 Å². The number of ether oxygens (including phenoxy) is 1. The molecule has 1 atom stereocenters. The molecular weight excluding hydrogens is 387 g/mol. The fraction of sp³-hybridized carbons (Fsp3) is 0.143. The Morgan fingerprint density at radius 2 is 1.66 bits per heavy atom. The molecule has 0 bridgehead atoms. The van der Waals surface area contributed by atoms with Crippen LogP contribution in [-0.2, 0) is 22.3 Å². The van der Waals surface area contributed by atoms with Crippen LogP contribution in [0.1, 0.15) is 33.3 Å². The van der Waals surface area contributed by atoms with E-state index in [-0.39, 0.29) is 12.4 Å². The molecule has 1 aromatic heterocycles. The van der Waals surface area contributed by atoms with Crippen LogP contribution in [0, 0.1) is 0 Å². The Balaban J connectivity index is 1.70. The smallest absolute Gasteiger partial charge is 0.416 e. The van der Waals surface area contributed by atoms with Crippen molar-refractivity contribution in [3.05, 3.63) is 95.4 Å². The van der Waals surface area contributed by atoms with Crippen molar-refractivity contribution in [2.75, 3.05) is 0 Å². The van der Waals surface area contributed by atoms with Gasteiger partial charge in [0, 0.05) is 0 Å². The van der Waals surface area contributed by atoms with E-state index in [1.54, 1.807) is 30.3 Å². The highest BCUT2D eigenvalue weighted by Crippen LogP contribution is 2.29. The Kier molecular flexibility index (Phi) is 6.01. The monoisotopic (exact) mass is 403 g/mol. The molecule has 0 spiro atoms. The van der Waals surface area contributed by atoms with E-state index in [4.69, 9.17) is 9.15 Å². The molecular formula is C21H16F3NO4. The summed E-state index contributed by atoms with van der Waals surface area (Å²) in [5.41, 5.74) is 0.0841. The third kappa shape index (κ3) is 5.25. The first-order valence-corrected chi connectivity index (χ1v) is 8.56. The zero-order valence-corrected chi connectivity index (χ0v) is 15.0. The van der Waals surface area contributed by atoms with Gasteiger partial charge in [-0.3, -0.25) is 4.79 Å². The van der Waals surface area contributed by atoms with Gasteiger partial charge in [0.15, 0.2) is 11.8 Å². The van der Waals surface area contributed by atoms with Crippen LogP contribution in [0.25, 0.3) is 0 Å². The molecule has 0 radical (unpaired) electrons. The van der Waals surface area contributed by atoms with Gasteiger partial charge in [-0.25, -0.2) is 4.79 Å². The Hall–Kier alpha value is -3.55. The van der Waals surface area contributed by atoms with E-state index in [0.717, 1.165) is 12.1 Å². The molecule has 0 fully saturated rings. The van der Waals surface area contributed by atoms with Crippen molar-refractivity contribution in [3.8, 4) is 0 Å². The number of halogens is 3. The molecule has 5 nitrogen and oxygen atoms in total. The van der Waals surface area contributed by atoms with Crippen LogP contribution in [0.2, 0.25) is 0 Å². The summed E-state index contributed by atoms with van der Waals surface area (Å²) < 4.78 is 48.1. The lowest BCUT2D eigenvalue weighted by atomic mass is 10.1. The molecule has 8 heteroatoms. The first-order valence-electron chi connectivity index (χ1n) is 8.56. The first-order chi connectivity index (χ1) is 13.8. The Bertz CT molecular complexity index is 952. The number of hydrogen-bond acceptors (Lipinski definition) is 4. The summed E-state index contributed by atoms with van der Waals surface area (Å²) in [6, 6.07) is 14.6. The zero-order chi connectivity index (χ0) is 20.9. The highest BCUT2D eigenvalue weighted by atomic mass is 19.4. The van der Waals surface area contributed by atoms with Crippen molar-refractivity contribution in [1.29, 1.82) is 0 Å². The first kappa shape index (κ1) is 20.2. The number of hydrogen-bond donors (Lipinski definition) is 1. The summed E-state index contributed by atoms with van der Waals surface area (Å²) in [5.74, 6) is -1.33. The Morgan fingerprint density at radius 1 is 0.966 bits per heavy atom. The lowest BCUT2D eigenvalue weighted by Gasteiger charge is -2.17. The van der Waals surface area contributed by atoms with Gasteiger partial charge in [-0.15, -0.1) is 0 Å². The largest absolute Gasteiger partial charge is 0.459 e. The topological polar surface area (TPSA) is 68.5 Å². The van der Waals surface area contributed by atoms with Gasteiger partial charge >= 0.3 is 12.1 Å². The molecule has 3 rings (SSSR count). The lowest BCUT2D eigenvalue weighted by Crippen LogP contribution is -2.34. The van der Waals surface area contributed by atoms with Crippen LogP contribution < -0.4 is 5.32 Å². The minimum Gasteiger partial charge on any atom is -0.459 e. The van der Waals surface area contributed by atoms with Gasteiger partial charge in [0.1, 0.15) is 6.61 Å². The predicted molar refractivity (Wildman–Crippen MR) is 96.6 cm³/mol. The number of carbonyl (C=O) groups excluding carboxylic acids is 2. The van der Waals surface area contributed by atoms with Crippen LogP contribution in [0.5, 0.6) is 0 Å². The lowest BCUT2D eigenvalue weighted by molar-refractivity contribution is -0.147. The minimum absolute atomic E-state index is 0.0291. The summed E-state index contributed by atoms with van der Waals surface area (Å²) in [7, 11) is 0. The van der Waals surface area contributed by atoms with Crippen LogP contribution in [0.3, 0.4) is 0 Å². The zero-order valence-electron chi connectivity index (χ0n) is 15.0. The maximum Gasteiger partial charge on any atom is 0.416 e. The molecule has 0 unspecified atom stereocenters. The number of esters is 1. The third-order valence-electron chi connectivity index (χ3n) is 4.05. The van der Waals surface area contributed by atoms with Crippen LogP contribution in [0.4, 0.5) is 13.2 Å². The number of amides is 1. The van der Waals surface area contributed by atoms with Gasteiger partial charge in [0.2, 0.25) is 0 Å². The van der Waals surface area contributed by atoms with Gasteiger partial charge < -0.3 is 14.5 Å². The van der Waals surface area contributed by atoms with Crippen LogP contribution in [0.15, 0.2) is 77.4 Å². The van der Waals surface area contributed by atoms with Gasteiger partial charge in [-0.05, 0) is 35.4 Å². The SMILES string of the molecule is O=C(N[C@@H](C(=O)OCc1ccc(C(F)(F)F)cc1)c1ccccc1)c1ccco1. The summed E-state index contributed by atoms with van der Waals surface area (Å²) >= 11 is 0. The van der Waals surface area contributed by atoms with Crippen molar-refractivity contribution in [2.24, 2.45) is 0 Å². The second kappa shape index (κ2) is 8.64. The van der Waals surface area contributed by atoms with E-state index >= 15 is 0 Å². The highest BCUT2D eigenvalue weighted by Gasteiger charge is 2.30. The molecule has 0 aliphatic carbocycles. The number of carbonyl (C=O) groups is 2. The number of nitrogens with one attached hydrogen (secondary N) is 1. The number of benzene rings is 2. The number of rotatable bonds is 6. The molecule has 1 N–H and O–H groups in total. The van der Waals surface area contributed by atoms with Crippen molar-refractivity contribution in [2.45, 2.75) is 18.8 Å². The molecule has 0 saturated carbocycles. The second-order valence-electron chi connectivity index (χ2n) is 6.10. The van der Waals surface area contributed by atoms with E-state index in [2.05, 4.69) is 5.32 Å². The van der Waals surface area contributed by atoms with E-state index in [1.165, 1.54) is 30.5 Å². The number of alkyl halides is 3. The standard InChI is InChI=1S/C21H16F3NO4/c22-21(23,24)16-10-8-14(9-11-16)13-29-20(27)18(15-5-2-1-3-6-15)25-19(26)17-7-4-12-28-17/h1-12,18H,13H2,(H,25,26)/t18-/m1/s1. The van der Waals surface area contributed by atoms with Crippen LogP contribution in [-0.4, -0.2) is 11.9 Å². The fourth-order valence-electron chi connectivity index (χ4n) is 2.56. The summed E-state index contributed by atoms with van der Waals surface area (Å²) in [6.07, 6.45) is -3.11. The molecule has 3 aromatic rings. The van der Waals surface area contributed by atoms with Crippen molar-refractivity contribution in [3.63, 3.8) is 0 Å². The average Bonchev–Trinajstić information content (AvgIpc) is 3.25. The average molecular weight is 403 g/mol. The maximum atomic E-state index is 12.6. The minimum atomic E-state index is -4.44. The molecule has 150 valence electrons. The van der Waals surface area contributed by atoms with Gasteiger partial charge in [-0.2, -0.15) is 13.2 Å². The molecule has 1 amide bonds. The number of furan rings is 1. The molecule has 1 heterocycles. The van der Waals surface area contributed by atoms with Gasteiger partial charge in [0.25, 0.3) is 5.91 Å². The van der Waals surface area contributed by atoms with E-state index in [9.17, 15) is 22.8 Å². The summed E-state index contributed by atoms with van der Waals surface area (Å²) in [4.78, 5) is 24.9. The van der Waals surface area contributed by atoms with E-state index in [0.29, 0.717) is 11.1 Å². The maximum absolute atomic E-state index is 12.6. The van der Waals surface area contributed by atoms with Crippen LogP contribution >= 0.6 is 0 Å². The molecule has 2 aromatic carbocycles. The normalized spacial score (nSPS) is 12.2. The molecule has 0 aliphatic rings. The van der Waals surface area contributed by atoms with Gasteiger partial charge in [0.05, 0.1) is 11.8 Å². The van der Waals surface area contributed by atoms with Crippen molar-refractivity contribution in [1.82, 2.24) is 5.32 Å². The quantitative estimate of drug-likeness (QED) is 0.615. The fourth-order valence-corrected chi connectivity index (χ4v) is 2.56. The molecule has 0 saturated heterocycles. The summed E-state index contributed by atoms with van der Waals surface area (Å²) in [6.45, 7) is -0.239. The molecule has 29 heavy (non-hydrogen) atoms. The Morgan fingerprint density at radius 3 is 2.24 bits per heavy atom.